The summed E-state index contributed by atoms with van der Waals surface area (Å²) < 4.78 is 0. The van der Waals surface area contributed by atoms with Gasteiger partial charge in [0.1, 0.15) is 0 Å². The number of hydrogen-bond donors (Lipinski definition) is 1. The van der Waals surface area contributed by atoms with Gasteiger partial charge in [-0.2, -0.15) is 6.42 Å². The molecule has 0 heterocycles. The van der Waals surface area contributed by atoms with Crippen LogP contribution in [-0.4, -0.2) is 11.7 Å². The minimum atomic E-state index is 0. The van der Waals surface area contributed by atoms with Crippen molar-refractivity contribution in [2.75, 3.05) is 6.61 Å². The summed E-state index contributed by atoms with van der Waals surface area (Å²) in [6.45, 7) is 8.82. The Kier molecular flexibility index (Phi) is 49.5. The number of rotatable bonds is 29. The van der Waals surface area contributed by atoms with Gasteiger partial charge in [-0.3, -0.25) is 0 Å². The van der Waals surface area contributed by atoms with Crippen LogP contribution in [0.2, 0.25) is 0 Å². The Morgan fingerprint density at radius 1 is 0.333 bits per heavy atom. The molecule has 0 fully saturated rings. The number of hydrogen-bond acceptors (Lipinski definition) is 1. The molecule has 0 unspecified atom stereocenters. The molecule has 214 valence electrons. The number of unbranched alkanes of at least 4 members (excludes halogenated alkanes) is 28. The van der Waals surface area contributed by atoms with Crippen molar-refractivity contribution in [3.63, 3.8) is 0 Å². The molecule has 0 aromatic heterocycles. The van der Waals surface area contributed by atoms with Gasteiger partial charge in [0, 0.05) is 6.61 Å². The van der Waals surface area contributed by atoms with Crippen molar-refractivity contribution in [1.29, 1.82) is 0 Å². The predicted octanol–water partition coefficient (Wildman–Crippen LogP) is 9.55. The molecule has 1 N–H and O–H groups in total. The summed E-state index contributed by atoms with van der Waals surface area (Å²) in [4.78, 5) is 0. The fourth-order valence-electron chi connectivity index (χ4n) is 4.85. The van der Waals surface area contributed by atoms with Gasteiger partial charge in [-0.25, -0.2) is 0 Å². The normalized spacial score (nSPS) is 10.7. The van der Waals surface area contributed by atoms with Gasteiger partial charge in [-0.05, 0) is 6.42 Å². The van der Waals surface area contributed by atoms with Crippen molar-refractivity contribution < 1.29 is 34.7 Å². The maximum atomic E-state index is 8.67. The Labute approximate surface area is 253 Å². The maximum absolute atomic E-state index is 8.67. The molecule has 0 aliphatic rings. The molecule has 0 rings (SSSR count). The van der Waals surface area contributed by atoms with Crippen molar-refractivity contribution in [2.24, 2.45) is 0 Å². The first-order valence-corrected chi connectivity index (χ1v) is 16.7. The van der Waals surface area contributed by atoms with Gasteiger partial charge >= 0.3 is 29.6 Å². The van der Waals surface area contributed by atoms with Crippen molar-refractivity contribution in [3.05, 3.63) is 6.92 Å². The van der Waals surface area contributed by atoms with Crippen molar-refractivity contribution in [1.82, 2.24) is 0 Å². The van der Waals surface area contributed by atoms with E-state index in [2.05, 4.69) is 20.8 Å². The fourth-order valence-corrected chi connectivity index (χ4v) is 4.85. The molecule has 2 heteroatoms. The van der Waals surface area contributed by atoms with Crippen LogP contribution in [0.4, 0.5) is 0 Å². The Bertz CT molecular complexity index is 290. The molecule has 0 bridgehead atoms. The molecule has 0 aliphatic heterocycles. The smallest absolute Gasteiger partial charge is 0.396 e. The molecule has 0 saturated heterocycles. The summed E-state index contributed by atoms with van der Waals surface area (Å²) in [5.41, 5.74) is 0. The van der Waals surface area contributed by atoms with Gasteiger partial charge in [-0.1, -0.05) is 194 Å². The van der Waals surface area contributed by atoms with Gasteiger partial charge in [0.05, 0.1) is 0 Å². The van der Waals surface area contributed by atoms with Gasteiger partial charge < -0.3 is 12.0 Å². The van der Waals surface area contributed by atoms with E-state index >= 15 is 0 Å². The van der Waals surface area contributed by atoms with Crippen molar-refractivity contribution in [2.45, 2.75) is 206 Å². The largest absolute Gasteiger partial charge is 1.00 e. The zero-order valence-corrected chi connectivity index (χ0v) is 28.1. The summed E-state index contributed by atoms with van der Waals surface area (Å²) in [6.07, 6.45) is 42.0. The van der Waals surface area contributed by atoms with Crippen LogP contribution in [0, 0.1) is 6.92 Å². The van der Waals surface area contributed by atoms with Crippen LogP contribution in [0.25, 0.3) is 0 Å². The van der Waals surface area contributed by atoms with E-state index in [0.29, 0.717) is 6.61 Å². The van der Waals surface area contributed by atoms with Gasteiger partial charge in [0.15, 0.2) is 0 Å². The van der Waals surface area contributed by atoms with Crippen LogP contribution in [0.3, 0.4) is 0 Å². The van der Waals surface area contributed by atoms with Crippen LogP contribution in [0.1, 0.15) is 206 Å². The molecule has 0 aliphatic carbocycles. The van der Waals surface area contributed by atoms with E-state index < -0.39 is 0 Å². The van der Waals surface area contributed by atoms with E-state index in [1.165, 1.54) is 180 Å². The van der Waals surface area contributed by atoms with E-state index in [0.717, 1.165) is 12.8 Å². The summed E-state index contributed by atoms with van der Waals surface area (Å²) in [6, 6.07) is 0. The molecule has 0 spiro atoms. The molecular weight excluding hydrogens is 447 g/mol. The van der Waals surface area contributed by atoms with Crippen molar-refractivity contribution >= 4 is 0 Å². The third-order valence-electron chi connectivity index (χ3n) is 7.37. The van der Waals surface area contributed by atoms with Crippen molar-refractivity contribution in [3.8, 4) is 0 Å². The SMILES string of the molecule is CCCCCCCCCCCCCCCCCCO.[CH2-]CCCCCCCCCCCCCCC.[Na+]. The van der Waals surface area contributed by atoms with E-state index in [4.69, 9.17) is 5.11 Å². The summed E-state index contributed by atoms with van der Waals surface area (Å²) >= 11 is 0. The molecule has 0 aromatic carbocycles. The average molecular weight is 519 g/mol. The molecule has 0 aromatic rings. The van der Waals surface area contributed by atoms with E-state index in [1.807, 2.05) is 0 Å². The standard InChI is InChI=1S/C18H38O.C16H33.Na/c1-2-3-4-5-6-7-8-9-10-11-12-13-14-15-16-17-18-19;1-3-5-7-9-11-13-15-16-14-12-10-8-6-4-2;/h19H,2-18H2,1H3;1,3-16H2,2H3;/q;-1;+1. The first-order valence-electron chi connectivity index (χ1n) is 16.7. The van der Waals surface area contributed by atoms with Gasteiger partial charge in [0.2, 0.25) is 0 Å². The number of aliphatic hydroxyl groups is 1. The van der Waals surface area contributed by atoms with E-state index in [1.54, 1.807) is 0 Å². The second kappa shape index (κ2) is 43.0. The topological polar surface area (TPSA) is 20.2 Å². The zero-order chi connectivity index (χ0) is 25.9. The van der Waals surface area contributed by atoms with Crippen LogP contribution in [0.15, 0.2) is 0 Å². The molecule has 0 radical (unpaired) electrons. The van der Waals surface area contributed by atoms with Gasteiger partial charge in [-0.15, -0.1) is 0 Å². The van der Waals surface area contributed by atoms with E-state index in [-0.39, 0.29) is 29.6 Å². The fraction of sp³-hybridized carbons (Fsp3) is 0.971. The Hall–Kier alpha value is 0.960. The molecule has 1 nitrogen and oxygen atoms in total. The Morgan fingerprint density at radius 3 is 0.722 bits per heavy atom. The van der Waals surface area contributed by atoms with Crippen LogP contribution >= 0.6 is 0 Å². The monoisotopic (exact) mass is 519 g/mol. The first-order chi connectivity index (χ1) is 17.3. The Morgan fingerprint density at radius 2 is 0.528 bits per heavy atom. The molecule has 0 saturated carbocycles. The molecule has 36 heavy (non-hydrogen) atoms. The summed E-state index contributed by atoms with van der Waals surface area (Å²) in [5, 5.41) is 8.67. The van der Waals surface area contributed by atoms with Crippen LogP contribution < -0.4 is 29.6 Å². The quantitative estimate of drug-likeness (QED) is 0.0593. The zero-order valence-electron chi connectivity index (χ0n) is 26.1. The minimum absolute atomic E-state index is 0. The second-order valence-corrected chi connectivity index (χ2v) is 11.1. The first kappa shape index (κ1) is 41.4. The van der Waals surface area contributed by atoms with Crippen LogP contribution in [-0.2, 0) is 0 Å². The minimum Gasteiger partial charge on any atom is -0.396 e. The van der Waals surface area contributed by atoms with Gasteiger partial charge in [0.25, 0.3) is 0 Å². The van der Waals surface area contributed by atoms with Crippen LogP contribution in [0.5, 0.6) is 0 Å². The Balaban J connectivity index is -0.000000597. The summed E-state index contributed by atoms with van der Waals surface area (Å²) in [7, 11) is 0. The predicted molar refractivity (Wildman–Crippen MR) is 162 cm³/mol. The number of aliphatic hydroxyl groups excluding tert-OH is 1. The summed E-state index contributed by atoms with van der Waals surface area (Å²) in [5.74, 6) is 0. The maximum Gasteiger partial charge on any atom is 1.00 e. The molecular formula is C34H71NaO. The third-order valence-corrected chi connectivity index (χ3v) is 7.37. The molecule has 0 atom stereocenters. The third kappa shape index (κ3) is 44.9. The second-order valence-electron chi connectivity index (χ2n) is 11.1. The average Bonchev–Trinajstić information content (AvgIpc) is 2.87. The van der Waals surface area contributed by atoms with E-state index in [9.17, 15) is 0 Å². The molecule has 0 amide bonds.